The summed E-state index contributed by atoms with van der Waals surface area (Å²) in [5, 5.41) is 0. The number of benzene rings is 2. The first kappa shape index (κ1) is 12.2. The Morgan fingerprint density at radius 3 is 2.35 bits per heavy atom. The number of rotatable bonds is 0. The molecular formula is C20H22. The van der Waals surface area contributed by atoms with Crippen LogP contribution in [0.4, 0.5) is 0 Å². The van der Waals surface area contributed by atoms with E-state index < -0.39 is 0 Å². The summed E-state index contributed by atoms with van der Waals surface area (Å²) in [5.41, 5.74) is 14.0. The maximum atomic E-state index is 2.40. The third kappa shape index (κ3) is 1.54. The summed E-state index contributed by atoms with van der Waals surface area (Å²) >= 11 is 0. The van der Waals surface area contributed by atoms with Crippen LogP contribution in [-0.2, 0) is 19.3 Å². The zero-order valence-electron chi connectivity index (χ0n) is 12.8. The Bertz CT molecular complexity index is 720. The van der Waals surface area contributed by atoms with E-state index in [0.717, 1.165) is 6.42 Å². The summed E-state index contributed by atoms with van der Waals surface area (Å²) in [4.78, 5) is 0. The molecule has 4 rings (SSSR count). The topological polar surface area (TPSA) is 0 Å². The van der Waals surface area contributed by atoms with Gasteiger partial charge in [-0.2, -0.15) is 0 Å². The number of aryl methyl sites for hydroxylation is 3. The van der Waals surface area contributed by atoms with Gasteiger partial charge >= 0.3 is 0 Å². The lowest BCUT2D eigenvalue weighted by atomic mass is 9.84. The molecule has 0 atom stereocenters. The van der Waals surface area contributed by atoms with Crippen LogP contribution >= 0.6 is 0 Å². The van der Waals surface area contributed by atoms with Crippen molar-refractivity contribution in [3.8, 4) is 11.1 Å². The molecule has 2 aromatic carbocycles. The fourth-order valence-corrected chi connectivity index (χ4v) is 4.26. The molecule has 0 heterocycles. The van der Waals surface area contributed by atoms with E-state index >= 15 is 0 Å². The maximum absolute atomic E-state index is 2.40. The molecule has 0 saturated heterocycles. The minimum absolute atomic E-state index is 1.15. The predicted molar refractivity (Wildman–Crippen MR) is 85.5 cm³/mol. The van der Waals surface area contributed by atoms with Crippen LogP contribution in [0, 0.1) is 20.8 Å². The van der Waals surface area contributed by atoms with Gasteiger partial charge in [-0.3, -0.25) is 0 Å². The second kappa shape index (κ2) is 4.22. The third-order valence-corrected chi connectivity index (χ3v) is 5.41. The van der Waals surface area contributed by atoms with E-state index in [9.17, 15) is 0 Å². The van der Waals surface area contributed by atoms with Crippen molar-refractivity contribution < 1.29 is 0 Å². The van der Waals surface area contributed by atoms with Gasteiger partial charge in [-0.25, -0.2) is 0 Å². The van der Waals surface area contributed by atoms with Crippen LogP contribution in [0.5, 0.6) is 0 Å². The van der Waals surface area contributed by atoms with Crippen LogP contribution in [0.2, 0.25) is 0 Å². The van der Waals surface area contributed by atoms with Crippen molar-refractivity contribution in [3.63, 3.8) is 0 Å². The fraction of sp³-hybridized carbons (Fsp3) is 0.400. The summed E-state index contributed by atoms with van der Waals surface area (Å²) in [6.07, 6.45) is 6.44. The highest BCUT2D eigenvalue weighted by molar-refractivity contribution is 5.84. The Labute approximate surface area is 121 Å². The molecule has 2 aliphatic rings. The SMILES string of the molecule is Cc1cc(C)c2c(c1C)Cc1ccc3c(c1-2)CCCC3. The van der Waals surface area contributed by atoms with Crippen LogP contribution in [0.15, 0.2) is 18.2 Å². The van der Waals surface area contributed by atoms with Gasteiger partial charge in [0.05, 0.1) is 0 Å². The average Bonchev–Trinajstić information content (AvgIpc) is 2.85. The molecular weight excluding hydrogens is 240 g/mol. The highest BCUT2D eigenvalue weighted by Crippen LogP contribution is 2.45. The van der Waals surface area contributed by atoms with Crippen molar-refractivity contribution in [1.82, 2.24) is 0 Å². The summed E-state index contributed by atoms with van der Waals surface area (Å²) < 4.78 is 0. The Kier molecular flexibility index (Phi) is 2.57. The van der Waals surface area contributed by atoms with E-state index in [-0.39, 0.29) is 0 Å². The zero-order chi connectivity index (χ0) is 13.9. The van der Waals surface area contributed by atoms with Gasteiger partial charge in [0.15, 0.2) is 0 Å². The number of fused-ring (bicyclic) bond motifs is 5. The van der Waals surface area contributed by atoms with Crippen molar-refractivity contribution in [2.75, 3.05) is 0 Å². The van der Waals surface area contributed by atoms with Gasteiger partial charge in [-0.05, 0) is 103 Å². The maximum Gasteiger partial charge on any atom is -0.00105 e. The van der Waals surface area contributed by atoms with Crippen molar-refractivity contribution in [2.45, 2.75) is 52.9 Å². The fourth-order valence-electron chi connectivity index (χ4n) is 4.26. The molecule has 0 spiro atoms. The molecule has 0 fully saturated rings. The monoisotopic (exact) mass is 262 g/mol. The van der Waals surface area contributed by atoms with Crippen LogP contribution in [-0.4, -0.2) is 0 Å². The zero-order valence-corrected chi connectivity index (χ0v) is 12.8. The molecule has 2 aliphatic carbocycles. The van der Waals surface area contributed by atoms with Crippen LogP contribution in [0.3, 0.4) is 0 Å². The minimum atomic E-state index is 1.15. The predicted octanol–water partition coefficient (Wildman–Crippen LogP) is 5.06. The lowest BCUT2D eigenvalue weighted by molar-refractivity contribution is 0.686. The van der Waals surface area contributed by atoms with Crippen LogP contribution < -0.4 is 0 Å². The molecule has 0 aromatic heterocycles. The number of hydrogen-bond donors (Lipinski definition) is 0. The van der Waals surface area contributed by atoms with E-state index in [1.54, 1.807) is 33.4 Å². The minimum Gasteiger partial charge on any atom is -0.0584 e. The van der Waals surface area contributed by atoms with Crippen molar-refractivity contribution in [2.24, 2.45) is 0 Å². The van der Waals surface area contributed by atoms with E-state index in [1.807, 2.05) is 0 Å². The van der Waals surface area contributed by atoms with Gasteiger partial charge in [-0.15, -0.1) is 0 Å². The van der Waals surface area contributed by atoms with E-state index in [1.165, 1.54) is 42.4 Å². The molecule has 0 saturated carbocycles. The van der Waals surface area contributed by atoms with E-state index in [4.69, 9.17) is 0 Å². The molecule has 0 heteroatoms. The molecule has 0 unspecified atom stereocenters. The van der Waals surface area contributed by atoms with Gasteiger partial charge in [0.2, 0.25) is 0 Å². The van der Waals surface area contributed by atoms with Crippen LogP contribution in [0.1, 0.15) is 51.8 Å². The molecule has 0 amide bonds. The second-order valence-electron chi connectivity index (χ2n) is 6.61. The standard InChI is InChI=1S/C20H22/c1-12-10-13(2)19-18(14(12)3)11-16-9-8-15-6-4-5-7-17(15)20(16)19/h8-10H,4-7,11H2,1-3H3. The van der Waals surface area contributed by atoms with Gasteiger partial charge in [-0.1, -0.05) is 18.2 Å². The molecule has 102 valence electrons. The lowest BCUT2D eigenvalue weighted by Gasteiger charge is -2.21. The Morgan fingerprint density at radius 1 is 0.750 bits per heavy atom. The van der Waals surface area contributed by atoms with Crippen molar-refractivity contribution >= 4 is 0 Å². The first-order valence-corrected chi connectivity index (χ1v) is 7.90. The summed E-state index contributed by atoms with van der Waals surface area (Å²) in [5.74, 6) is 0. The first-order valence-electron chi connectivity index (χ1n) is 7.90. The summed E-state index contributed by atoms with van der Waals surface area (Å²) in [7, 11) is 0. The largest absolute Gasteiger partial charge is 0.0584 e. The van der Waals surface area contributed by atoms with Crippen molar-refractivity contribution in [3.05, 3.63) is 57.1 Å². The normalized spacial score (nSPS) is 15.8. The Morgan fingerprint density at radius 2 is 1.50 bits per heavy atom. The van der Waals surface area contributed by atoms with Gasteiger partial charge in [0, 0.05) is 0 Å². The Balaban J connectivity index is 2.05. The van der Waals surface area contributed by atoms with Crippen molar-refractivity contribution in [1.29, 1.82) is 0 Å². The molecule has 2 aromatic rings. The average molecular weight is 262 g/mol. The van der Waals surface area contributed by atoms with Gasteiger partial charge in [0.1, 0.15) is 0 Å². The second-order valence-corrected chi connectivity index (χ2v) is 6.61. The molecule has 0 nitrogen and oxygen atoms in total. The molecule has 20 heavy (non-hydrogen) atoms. The molecule has 0 N–H and O–H groups in total. The molecule has 0 radical (unpaired) electrons. The van der Waals surface area contributed by atoms with E-state index in [2.05, 4.69) is 39.0 Å². The summed E-state index contributed by atoms with van der Waals surface area (Å²) in [6, 6.07) is 7.18. The van der Waals surface area contributed by atoms with Gasteiger partial charge in [0.25, 0.3) is 0 Å². The highest BCUT2D eigenvalue weighted by atomic mass is 14.3. The molecule has 0 aliphatic heterocycles. The molecule has 0 bridgehead atoms. The smallest absolute Gasteiger partial charge is 0.00105 e. The first-order chi connectivity index (χ1) is 9.66. The highest BCUT2D eigenvalue weighted by Gasteiger charge is 2.27. The lowest BCUT2D eigenvalue weighted by Crippen LogP contribution is -2.05. The van der Waals surface area contributed by atoms with Gasteiger partial charge < -0.3 is 0 Å². The third-order valence-electron chi connectivity index (χ3n) is 5.41. The summed E-state index contributed by atoms with van der Waals surface area (Å²) in [6.45, 7) is 6.84. The number of hydrogen-bond acceptors (Lipinski definition) is 0. The van der Waals surface area contributed by atoms with E-state index in [0.29, 0.717) is 0 Å². The van der Waals surface area contributed by atoms with Crippen LogP contribution in [0.25, 0.3) is 11.1 Å². The quantitative estimate of drug-likeness (QED) is 0.531. The Hall–Kier alpha value is -1.56.